The number of aromatic nitrogens is 4. The summed E-state index contributed by atoms with van der Waals surface area (Å²) in [5, 5.41) is 34.8. The van der Waals surface area contributed by atoms with E-state index in [1.165, 1.54) is 11.8 Å². The molecular weight excluding hydrogens is 709 g/mol. The quantitative estimate of drug-likeness (QED) is 0.101. The number of rotatable bonds is 10. The minimum absolute atomic E-state index is 0.0448. The summed E-state index contributed by atoms with van der Waals surface area (Å²) >= 11 is 18.7. The maximum atomic E-state index is 12.2. The first kappa shape index (κ1) is 35.2. The highest BCUT2D eigenvalue weighted by molar-refractivity contribution is 7.99. The third kappa shape index (κ3) is 8.38. The van der Waals surface area contributed by atoms with Crippen LogP contribution >= 0.6 is 46.6 Å². The molecule has 1 aromatic heterocycles. The smallest absolute Gasteiger partial charge is 0.272 e. The second-order valence-corrected chi connectivity index (χ2v) is 14.8. The normalized spacial score (nSPS) is 19.4. The molecule has 1 aliphatic heterocycles. The number of amides is 1. The van der Waals surface area contributed by atoms with Gasteiger partial charge in [0.05, 0.1) is 24.5 Å². The van der Waals surface area contributed by atoms with Crippen LogP contribution in [0.1, 0.15) is 41.6 Å². The Morgan fingerprint density at radius 3 is 2.33 bits per heavy atom. The van der Waals surface area contributed by atoms with E-state index in [9.17, 15) is 15.0 Å². The van der Waals surface area contributed by atoms with Crippen molar-refractivity contribution in [2.45, 2.75) is 47.5 Å². The number of halogens is 3. The van der Waals surface area contributed by atoms with Gasteiger partial charge in [-0.05, 0) is 62.5 Å². The van der Waals surface area contributed by atoms with Crippen LogP contribution in [0.4, 0.5) is 0 Å². The molecule has 4 aromatic carbocycles. The van der Waals surface area contributed by atoms with E-state index in [0.29, 0.717) is 10.9 Å². The number of carbonyl (C=O) groups excluding carboxylic acids is 1. The lowest BCUT2D eigenvalue weighted by atomic mass is 9.91. The van der Waals surface area contributed by atoms with Gasteiger partial charge in [-0.2, -0.15) is 4.68 Å². The number of phenolic OH excluding ortho intramolecular Hbond substituents is 1. The molecule has 4 atom stereocenters. The van der Waals surface area contributed by atoms with Crippen LogP contribution in [0.5, 0.6) is 5.75 Å². The maximum absolute atomic E-state index is 12.2. The Labute approximate surface area is 302 Å². The van der Waals surface area contributed by atoms with Gasteiger partial charge in [0.1, 0.15) is 5.75 Å². The number of ether oxygens (including phenoxy) is 2. The number of benzene rings is 4. The Hall–Kier alpha value is -3.68. The summed E-state index contributed by atoms with van der Waals surface area (Å²) in [4.78, 5) is 12.2. The van der Waals surface area contributed by atoms with E-state index >= 15 is 0 Å². The lowest BCUT2D eigenvalue weighted by molar-refractivity contribution is -0.268. The van der Waals surface area contributed by atoms with Crippen molar-refractivity contribution in [2.75, 3.05) is 5.75 Å². The molecule has 0 saturated carbocycles. The number of thioether (sulfide) groups is 1. The Balaban J connectivity index is 1.23. The fourth-order valence-electron chi connectivity index (χ4n) is 5.54. The van der Waals surface area contributed by atoms with Gasteiger partial charge >= 0.3 is 0 Å². The van der Waals surface area contributed by atoms with E-state index in [4.69, 9.17) is 44.3 Å². The zero-order valence-corrected chi connectivity index (χ0v) is 29.2. The van der Waals surface area contributed by atoms with Crippen LogP contribution in [-0.4, -0.2) is 52.0 Å². The third-order valence-electron chi connectivity index (χ3n) is 8.24. The number of aromatic hydroxyl groups is 1. The Kier molecular flexibility index (Phi) is 11.1. The zero-order chi connectivity index (χ0) is 34.5. The number of nitrogens with zero attached hydrogens (tertiary/aromatic N) is 4. The Morgan fingerprint density at radius 1 is 0.939 bits per heavy atom. The predicted octanol–water partition coefficient (Wildman–Crippen LogP) is 7.10. The van der Waals surface area contributed by atoms with Crippen LogP contribution in [0.2, 0.25) is 0 Å². The van der Waals surface area contributed by atoms with Crippen molar-refractivity contribution in [1.82, 2.24) is 25.5 Å². The molecule has 1 amide bonds. The molecule has 1 aliphatic rings. The maximum Gasteiger partial charge on any atom is 0.272 e. The van der Waals surface area contributed by atoms with E-state index in [1.54, 1.807) is 28.9 Å². The number of alkyl halides is 3. The number of phenols is 1. The van der Waals surface area contributed by atoms with Crippen LogP contribution < -0.4 is 5.32 Å². The summed E-state index contributed by atoms with van der Waals surface area (Å²) in [7, 11) is 0. The minimum atomic E-state index is -2.05. The standard InChI is InChI=1S/C35H32Cl3N5O5S/c1-21-30(20-49-34-40-41-42-43(34)27-14-16-28(45)17-15-27)47-32(48-31(21)24-8-6-22(19-44)7-9-24)25-12-10-23(11-13-25)29-5-3-2-4-26(29)18-39-33(46)35(36,37)38/h2-17,21,30-32,44-45H,18-20H2,1H3,(H,39,46). The summed E-state index contributed by atoms with van der Waals surface area (Å²) in [6, 6.07) is 30.0. The van der Waals surface area contributed by atoms with Crippen molar-refractivity contribution in [1.29, 1.82) is 0 Å². The van der Waals surface area contributed by atoms with Crippen molar-refractivity contribution in [3.05, 3.63) is 119 Å². The summed E-state index contributed by atoms with van der Waals surface area (Å²) in [6.45, 7) is 2.23. The molecular formula is C35H32Cl3N5O5S. The molecule has 5 aromatic rings. The van der Waals surface area contributed by atoms with Gasteiger partial charge in [-0.1, -0.05) is 126 Å². The minimum Gasteiger partial charge on any atom is -0.508 e. The second kappa shape index (κ2) is 15.5. The summed E-state index contributed by atoms with van der Waals surface area (Å²) in [5.41, 5.74) is 6.05. The lowest BCUT2D eigenvalue weighted by Gasteiger charge is -2.41. The number of aliphatic hydroxyl groups is 1. The fourth-order valence-corrected chi connectivity index (χ4v) is 6.80. The number of aliphatic hydroxyl groups excluding tert-OH is 1. The first-order valence-corrected chi connectivity index (χ1v) is 17.5. The van der Waals surface area contributed by atoms with Crippen molar-refractivity contribution < 1.29 is 24.5 Å². The largest absolute Gasteiger partial charge is 0.508 e. The summed E-state index contributed by atoms with van der Waals surface area (Å²) < 4.78 is 12.8. The van der Waals surface area contributed by atoms with E-state index in [0.717, 1.165) is 39.1 Å². The fraction of sp³-hybridized carbons (Fsp3) is 0.257. The number of carbonyl (C=O) groups is 1. The first-order chi connectivity index (χ1) is 23.6. The summed E-state index contributed by atoms with van der Waals surface area (Å²) in [6.07, 6.45) is -1.23. The van der Waals surface area contributed by atoms with Crippen LogP contribution in [0.25, 0.3) is 16.8 Å². The Morgan fingerprint density at radius 2 is 1.63 bits per heavy atom. The van der Waals surface area contributed by atoms with Gasteiger partial charge in [-0.15, -0.1) is 5.10 Å². The molecule has 1 fully saturated rings. The number of hydrogen-bond acceptors (Lipinski definition) is 9. The monoisotopic (exact) mass is 739 g/mol. The topological polar surface area (TPSA) is 132 Å². The molecule has 4 unspecified atom stereocenters. The predicted molar refractivity (Wildman–Crippen MR) is 189 cm³/mol. The van der Waals surface area contributed by atoms with Crippen molar-refractivity contribution >= 4 is 52.5 Å². The van der Waals surface area contributed by atoms with Crippen molar-refractivity contribution in [2.24, 2.45) is 5.92 Å². The van der Waals surface area contributed by atoms with E-state index in [1.807, 2.05) is 72.8 Å². The molecule has 10 nitrogen and oxygen atoms in total. The third-order valence-corrected chi connectivity index (χ3v) is 9.77. The molecule has 3 N–H and O–H groups in total. The van der Waals surface area contributed by atoms with Gasteiger partial charge in [-0.25, -0.2) is 0 Å². The van der Waals surface area contributed by atoms with Crippen LogP contribution in [0.15, 0.2) is 102 Å². The van der Waals surface area contributed by atoms with E-state index in [2.05, 4.69) is 27.8 Å². The molecule has 49 heavy (non-hydrogen) atoms. The van der Waals surface area contributed by atoms with E-state index < -0.39 is 16.0 Å². The molecule has 254 valence electrons. The molecule has 1 saturated heterocycles. The molecule has 2 heterocycles. The number of hydrogen-bond donors (Lipinski definition) is 3. The van der Waals surface area contributed by atoms with Gasteiger partial charge in [-0.3, -0.25) is 4.79 Å². The number of tetrazole rings is 1. The van der Waals surface area contributed by atoms with E-state index in [-0.39, 0.29) is 37.0 Å². The SMILES string of the molecule is CC1C(CSc2nnnn2-c2ccc(O)cc2)OC(c2ccc(-c3ccccc3CNC(=O)C(Cl)(Cl)Cl)cc2)OC1c1ccc(CO)cc1. The lowest BCUT2D eigenvalue weighted by Crippen LogP contribution is -2.38. The van der Waals surface area contributed by atoms with Crippen molar-refractivity contribution in [3.8, 4) is 22.6 Å². The molecule has 0 radical (unpaired) electrons. The zero-order valence-electron chi connectivity index (χ0n) is 26.1. The van der Waals surface area contributed by atoms with Crippen LogP contribution in [0, 0.1) is 5.92 Å². The molecule has 6 rings (SSSR count). The average Bonchev–Trinajstić information content (AvgIpc) is 3.59. The highest BCUT2D eigenvalue weighted by Gasteiger charge is 2.39. The molecule has 0 aliphatic carbocycles. The molecule has 14 heteroatoms. The van der Waals surface area contributed by atoms with Gasteiger partial charge in [0.15, 0.2) is 6.29 Å². The molecule has 0 spiro atoms. The first-order valence-electron chi connectivity index (χ1n) is 15.3. The highest BCUT2D eigenvalue weighted by atomic mass is 35.6. The van der Waals surface area contributed by atoms with Crippen LogP contribution in [0.3, 0.4) is 0 Å². The van der Waals surface area contributed by atoms with Gasteiger partial charge < -0.3 is 25.0 Å². The summed E-state index contributed by atoms with van der Waals surface area (Å²) in [5.74, 6) is -0.0533. The number of nitrogens with one attached hydrogen (secondary N) is 1. The van der Waals surface area contributed by atoms with Gasteiger partial charge in [0.25, 0.3) is 9.70 Å². The highest BCUT2D eigenvalue weighted by Crippen LogP contribution is 2.43. The second-order valence-electron chi connectivity index (χ2n) is 11.5. The molecule has 0 bridgehead atoms. The van der Waals surface area contributed by atoms with Gasteiger partial charge in [0.2, 0.25) is 5.16 Å². The van der Waals surface area contributed by atoms with Crippen LogP contribution in [-0.2, 0) is 27.4 Å². The van der Waals surface area contributed by atoms with Gasteiger partial charge in [0, 0.05) is 23.8 Å². The Bertz CT molecular complexity index is 1870. The average molecular weight is 741 g/mol. The van der Waals surface area contributed by atoms with Crippen molar-refractivity contribution in [3.63, 3.8) is 0 Å².